The third kappa shape index (κ3) is 6.86. The van der Waals surface area contributed by atoms with Gasteiger partial charge >= 0.3 is 0 Å². The lowest BCUT2D eigenvalue weighted by Crippen LogP contribution is -2.37. The summed E-state index contributed by atoms with van der Waals surface area (Å²) in [7, 11) is 1.63. The summed E-state index contributed by atoms with van der Waals surface area (Å²) < 4.78 is 24.0. The zero-order valence-electron chi connectivity index (χ0n) is 16.1. The first-order valence-electron chi connectivity index (χ1n) is 8.97. The number of hydrogen-bond donors (Lipinski definition) is 2. The molecule has 0 bridgehead atoms. The quantitative estimate of drug-likeness (QED) is 0.401. The fourth-order valence-electron chi connectivity index (χ4n) is 2.41. The molecule has 0 radical (unpaired) electrons. The predicted octanol–water partition coefficient (Wildman–Crippen LogP) is 2.81. The SMILES string of the molecule is CCNC(=NCc1ccc(F)c(C)c1)NCc1cccnc1OCCOC. The van der Waals surface area contributed by atoms with Crippen LogP contribution in [0.5, 0.6) is 5.88 Å². The Labute approximate surface area is 159 Å². The second kappa shape index (κ2) is 11.1. The molecular formula is C20H27FN4O2. The van der Waals surface area contributed by atoms with Gasteiger partial charge in [-0.15, -0.1) is 0 Å². The molecule has 0 aliphatic carbocycles. The van der Waals surface area contributed by atoms with E-state index < -0.39 is 0 Å². The van der Waals surface area contributed by atoms with E-state index >= 15 is 0 Å². The molecule has 0 amide bonds. The first-order valence-corrected chi connectivity index (χ1v) is 8.97. The number of rotatable bonds is 9. The van der Waals surface area contributed by atoms with Crippen LogP contribution in [0.4, 0.5) is 4.39 Å². The standard InChI is InChI=1S/C20H27FN4O2/c1-4-22-20(24-13-16-7-8-18(21)15(2)12-16)25-14-17-6-5-9-23-19(17)27-11-10-26-3/h5-9,12H,4,10-11,13-14H2,1-3H3,(H2,22,24,25). The molecule has 1 aromatic carbocycles. The van der Waals surface area contributed by atoms with Crippen molar-refractivity contribution >= 4 is 5.96 Å². The summed E-state index contributed by atoms with van der Waals surface area (Å²) in [5.41, 5.74) is 2.50. The molecule has 0 fully saturated rings. The van der Waals surface area contributed by atoms with Gasteiger partial charge in [0.2, 0.25) is 5.88 Å². The van der Waals surface area contributed by atoms with Crippen LogP contribution in [0.25, 0.3) is 0 Å². The van der Waals surface area contributed by atoms with Gasteiger partial charge in [0, 0.05) is 32.0 Å². The van der Waals surface area contributed by atoms with E-state index in [9.17, 15) is 4.39 Å². The van der Waals surface area contributed by atoms with Crippen LogP contribution in [-0.2, 0) is 17.8 Å². The molecule has 0 saturated heterocycles. The number of benzene rings is 1. The number of ether oxygens (including phenoxy) is 2. The van der Waals surface area contributed by atoms with Crippen molar-refractivity contribution in [1.29, 1.82) is 0 Å². The second-order valence-electron chi connectivity index (χ2n) is 5.94. The van der Waals surface area contributed by atoms with E-state index in [2.05, 4.69) is 20.6 Å². The number of halogens is 1. The molecule has 0 aliphatic heterocycles. The van der Waals surface area contributed by atoms with Crippen LogP contribution in [0.1, 0.15) is 23.6 Å². The molecular weight excluding hydrogens is 347 g/mol. The normalized spacial score (nSPS) is 11.3. The molecule has 1 heterocycles. The Morgan fingerprint density at radius 3 is 2.81 bits per heavy atom. The molecule has 0 saturated carbocycles. The number of pyridine rings is 1. The molecule has 27 heavy (non-hydrogen) atoms. The fourth-order valence-corrected chi connectivity index (χ4v) is 2.41. The molecule has 0 unspecified atom stereocenters. The van der Waals surface area contributed by atoms with E-state index in [0.29, 0.717) is 43.7 Å². The number of hydrogen-bond acceptors (Lipinski definition) is 4. The maximum atomic E-state index is 13.4. The Morgan fingerprint density at radius 1 is 1.22 bits per heavy atom. The van der Waals surface area contributed by atoms with Crippen molar-refractivity contribution in [3.8, 4) is 5.88 Å². The summed E-state index contributed by atoms with van der Waals surface area (Å²) >= 11 is 0. The second-order valence-corrected chi connectivity index (χ2v) is 5.94. The van der Waals surface area contributed by atoms with Crippen LogP contribution in [-0.4, -0.2) is 37.8 Å². The van der Waals surface area contributed by atoms with Crippen LogP contribution in [0.15, 0.2) is 41.5 Å². The number of nitrogens with one attached hydrogen (secondary N) is 2. The van der Waals surface area contributed by atoms with Crippen LogP contribution in [0.3, 0.4) is 0 Å². The van der Waals surface area contributed by atoms with Crippen LogP contribution >= 0.6 is 0 Å². The summed E-state index contributed by atoms with van der Waals surface area (Å²) in [4.78, 5) is 8.84. The van der Waals surface area contributed by atoms with Gasteiger partial charge in [-0.25, -0.2) is 14.4 Å². The molecule has 2 N–H and O–H groups in total. The Balaban J connectivity index is 2.00. The van der Waals surface area contributed by atoms with Crippen molar-refractivity contribution in [2.45, 2.75) is 26.9 Å². The average Bonchev–Trinajstić information content (AvgIpc) is 2.67. The monoisotopic (exact) mass is 374 g/mol. The summed E-state index contributed by atoms with van der Waals surface area (Å²) in [5, 5.41) is 6.48. The molecule has 0 aliphatic rings. The van der Waals surface area contributed by atoms with Gasteiger partial charge in [0.1, 0.15) is 12.4 Å². The molecule has 6 nitrogen and oxygen atoms in total. The van der Waals surface area contributed by atoms with E-state index in [-0.39, 0.29) is 5.82 Å². The topological polar surface area (TPSA) is 67.8 Å². The fraction of sp³-hybridized carbons (Fsp3) is 0.400. The molecule has 2 aromatic rings. The largest absolute Gasteiger partial charge is 0.475 e. The van der Waals surface area contributed by atoms with Gasteiger partial charge in [-0.1, -0.05) is 18.2 Å². The third-order valence-electron chi connectivity index (χ3n) is 3.81. The van der Waals surface area contributed by atoms with Gasteiger partial charge in [-0.3, -0.25) is 0 Å². The highest BCUT2D eigenvalue weighted by molar-refractivity contribution is 5.79. The molecule has 146 valence electrons. The van der Waals surface area contributed by atoms with E-state index in [1.807, 2.05) is 25.1 Å². The lowest BCUT2D eigenvalue weighted by Gasteiger charge is -2.14. The van der Waals surface area contributed by atoms with Crippen molar-refractivity contribution in [2.24, 2.45) is 4.99 Å². The average molecular weight is 374 g/mol. The third-order valence-corrected chi connectivity index (χ3v) is 3.81. The maximum Gasteiger partial charge on any atom is 0.218 e. The van der Waals surface area contributed by atoms with E-state index in [1.165, 1.54) is 6.07 Å². The number of aliphatic imine (C=N–C) groups is 1. The predicted molar refractivity (Wildman–Crippen MR) is 104 cm³/mol. The number of methoxy groups -OCH3 is 1. The van der Waals surface area contributed by atoms with Crippen molar-refractivity contribution < 1.29 is 13.9 Å². The van der Waals surface area contributed by atoms with Gasteiger partial charge < -0.3 is 20.1 Å². The van der Waals surface area contributed by atoms with E-state index in [0.717, 1.165) is 17.7 Å². The Kier molecular flexibility index (Phi) is 8.51. The van der Waals surface area contributed by atoms with Crippen molar-refractivity contribution in [3.63, 3.8) is 0 Å². The van der Waals surface area contributed by atoms with Crippen LogP contribution in [0.2, 0.25) is 0 Å². The minimum Gasteiger partial charge on any atom is -0.475 e. The Hall–Kier alpha value is -2.67. The maximum absolute atomic E-state index is 13.4. The van der Waals surface area contributed by atoms with Gasteiger partial charge in [0.15, 0.2) is 5.96 Å². The lowest BCUT2D eigenvalue weighted by molar-refractivity contribution is 0.143. The number of aryl methyl sites for hydroxylation is 1. The molecule has 0 spiro atoms. The van der Waals surface area contributed by atoms with Crippen LogP contribution in [0, 0.1) is 12.7 Å². The summed E-state index contributed by atoms with van der Waals surface area (Å²) in [5.74, 6) is 1.04. The first kappa shape index (κ1) is 20.6. The summed E-state index contributed by atoms with van der Waals surface area (Å²) in [6.45, 7) is 6.41. The van der Waals surface area contributed by atoms with Crippen molar-refractivity contribution in [3.05, 3.63) is 59.0 Å². The van der Waals surface area contributed by atoms with Gasteiger partial charge in [-0.2, -0.15) is 0 Å². The van der Waals surface area contributed by atoms with Crippen molar-refractivity contribution in [2.75, 3.05) is 26.9 Å². The van der Waals surface area contributed by atoms with E-state index in [4.69, 9.17) is 9.47 Å². The summed E-state index contributed by atoms with van der Waals surface area (Å²) in [6.07, 6.45) is 1.70. The van der Waals surface area contributed by atoms with Crippen molar-refractivity contribution in [1.82, 2.24) is 15.6 Å². The van der Waals surface area contributed by atoms with Crippen LogP contribution < -0.4 is 15.4 Å². The lowest BCUT2D eigenvalue weighted by atomic mass is 10.1. The zero-order valence-corrected chi connectivity index (χ0v) is 16.1. The number of guanidine groups is 1. The minimum absolute atomic E-state index is 0.203. The highest BCUT2D eigenvalue weighted by atomic mass is 19.1. The first-order chi connectivity index (χ1) is 13.1. The van der Waals surface area contributed by atoms with Gasteiger partial charge in [-0.05, 0) is 37.1 Å². The zero-order chi connectivity index (χ0) is 19.5. The Morgan fingerprint density at radius 2 is 2.07 bits per heavy atom. The molecule has 7 heteroatoms. The molecule has 2 rings (SSSR count). The highest BCUT2D eigenvalue weighted by Crippen LogP contribution is 2.14. The summed E-state index contributed by atoms with van der Waals surface area (Å²) in [6, 6.07) is 8.85. The number of nitrogens with zero attached hydrogens (tertiary/aromatic N) is 2. The number of aromatic nitrogens is 1. The van der Waals surface area contributed by atoms with Gasteiger partial charge in [0.05, 0.1) is 13.2 Å². The van der Waals surface area contributed by atoms with E-state index in [1.54, 1.807) is 26.3 Å². The molecule has 1 aromatic heterocycles. The van der Waals surface area contributed by atoms with Gasteiger partial charge in [0.25, 0.3) is 0 Å². The minimum atomic E-state index is -0.203. The highest BCUT2D eigenvalue weighted by Gasteiger charge is 2.06. The Bertz CT molecular complexity index is 753. The smallest absolute Gasteiger partial charge is 0.218 e. The molecule has 0 atom stereocenters.